The van der Waals surface area contributed by atoms with Crippen molar-refractivity contribution in [1.29, 1.82) is 5.41 Å². The molecule has 0 bridgehead atoms. The highest BCUT2D eigenvalue weighted by molar-refractivity contribution is 14.1. The van der Waals surface area contributed by atoms with E-state index in [1.165, 1.54) is 3.57 Å². The molecule has 1 aromatic rings. The molecule has 0 saturated heterocycles. The Morgan fingerprint density at radius 2 is 2.00 bits per heavy atom. The Balaban J connectivity index is 2.54. The maximum Gasteiger partial charge on any atom is 0.184 e. The van der Waals surface area contributed by atoms with Gasteiger partial charge in [-0.3, -0.25) is 5.41 Å². The fraction of sp³-hybridized carbons (Fsp3) is 0.300. The first kappa shape index (κ1) is 10.5. The fourth-order valence-electron chi connectivity index (χ4n) is 1.01. The summed E-state index contributed by atoms with van der Waals surface area (Å²) in [4.78, 5) is 0. The van der Waals surface area contributed by atoms with Crippen LogP contribution in [-0.2, 0) is 11.2 Å². The monoisotopic (exact) mass is 289 g/mol. The van der Waals surface area contributed by atoms with Gasteiger partial charge in [0.25, 0.3) is 0 Å². The number of benzene rings is 1. The third-order valence-corrected chi connectivity index (χ3v) is 2.32. The second-order valence-corrected chi connectivity index (χ2v) is 3.91. The molecule has 0 aliphatic heterocycles. The molecule has 70 valence electrons. The molecular formula is C10H12INO. The average Bonchev–Trinajstić information content (AvgIpc) is 2.09. The molecule has 0 heterocycles. The van der Waals surface area contributed by atoms with Crippen LogP contribution in [0.15, 0.2) is 24.3 Å². The Morgan fingerprint density at radius 1 is 1.38 bits per heavy atom. The van der Waals surface area contributed by atoms with E-state index in [9.17, 15) is 0 Å². The molecule has 0 aliphatic rings. The van der Waals surface area contributed by atoms with Crippen LogP contribution in [0.3, 0.4) is 0 Å². The molecule has 13 heavy (non-hydrogen) atoms. The number of hydrogen-bond acceptors (Lipinski definition) is 2. The molecule has 0 aromatic heterocycles. The lowest BCUT2D eigenvalue weighted by molar-refractivity contribution is 0.317. The minimum absolute atomic E-state index is 0.337. The molecular weight excluding hydrogens is 277 g/mol. The van der Waals surface area contributed by atoms with Gasteiger partial charge in [0.1, 0.15) is 0 Å². The molecule has 1 N–H and O–H groups in total. The van der Waals surface area contributed by atoms with Crippen molar-refractivity contribution in [3.8, 4) is 0 Å². The third-order valence-electron chi connectivity index (χ3n) is 1.60. The summed E-state index contributed by atoms with van der Waals surface area (Å²) in [7, 11) is 0. The van der Waals surface area contributed by atoms with Crippen LogP contribution in [0.5, 0.6) is 0 Å². The van der Waals surface area contributed by atoms with Gasteiger partial charge in [0.05, 0.1) is 6.61 Å². The highest BCUT2D eigenvalue weighted by Crippen LogP contribution is 2.07. The molecule has 0 atom stereocenters. The van der Waals surface area contributed by atoms with E-state index in [0.29, 0.717) is 18.9 Å². The van der Waals surface area contributed by atoms with E-state index in [0.717, 1.165) is 5.56 Å². The van der Waals surface area contributed by atoms with E-state index in [2.05, 4.69) is 22.6 Å². The minimum Gasteiger partial charge on any atom is -0.481 e. The topological polar surface area (TPSA) is 33.1 Å². The molecule has 0 fully saturated rings. The van der Waals surface area contributed by atoms with Gasteiger partial charge < -0.3 is 4.74 Å². The largest absolute Gasteiger partial charge is 0.481 e. The van der Waals surface area contributed by atoms with Gasteiger partial charge in [0.2, 0.25) is 0 Å². The summed E-state index contributed by atoms with van der Waals surface area (Å²) in [5, 5.41) is 7.46. The Morgan fingerprint density at radius 3 is 2.54 bits per heavy atom. The number of ether oxygens (including phenoxy) is 1. The van der Waals surface area contributed by atoms with Crippen molar-refractivity contribution in [2.45, 2.75) is 13.3 Å². The van der Waals surface area contributed by atoms with Crippen molar-refractivity contribution in [2.75, 3.05) is 6.61 Å². The van der Waals surface area contributed by atoms with E-state index >= 15 is 0 Å². The van der Waals surface area contributed by atoms with Crippen LogP contribution in [0.2, 0.25) is 0 Å². The van der Waals surface area contributed by atoms with Crippen LogP contribution in [0.4, 0.5) is 0 Å². The zero-order valence-corrected chi connectivity index (χ0v) is 9.67. The standard InChI is InChI=1S/C10H12INO/c1-2-13-10(12)7-8-3-5-9(11)6-4-8/h3-6,12H,2,7H2,1H3. The summed E-state index contributed by atoms with van der Waals surface area (Å²) in [6, 6.07) is 8.12. The summed E-state index contributed by atoms with van der Waals surface area (Å²) >= 11 is 2.26. The first-order chi connectivity index (χ1) is 6.22. The highest BCUT2D eigenvalue weighted by Gasteiger charge is 1.98. The fourth-order valence-corrected chi connectivity index (χ4v) is 1.37. The van der Waals surface area contributed by atoms with Gasteiger partial charge in [-0.15, -0.1) is 0 Å². The molecule has 0 radical (unpaired) electrons. The summed E-state index contributed by atoms with van der Waals surface area (Å²) in [6.07, 6.45) is 0.588. The van der Waals surface area contributed by atoms with E-state index in [1.54, 1.807) is 0 Å². The van der Waals surface area contributed by atoms with E-state index in [4.69, 9.17) is 10.1 Å². The maximum absolute atomic E-state index is 7.46. The van der Waals surface area contributed by atoms with Crippen molar-refractivity contribution in [2.24, 2.45) is 0 Å². The average molecular weight is 289 g/mol. The maximum atomic E-state index is 7.46. The van der Waals surface area contributed by atoms with Crippen LogP contribution in [0.1, 0.15) is 12.5 Å². The van der Waals surface area contributed by atoms with Crippen LogP contribution < -0.4 is 0 Å². The van der Waals surface area contributed by atoms with E-state index < -0.39 is 0 Å². The predicted octanol–water partition coefficient (Wildman–Crippen LogP) is 2.85. The molecule has 0 saturated carbocycles. The zero-order valence-electron chi connectivity index (χ0n) is 7.51. The Hall–Kier alpha value is -0.580. The number of nitrogens with one attached hydrogen (secondary N) is 1. The predicted molar refractivity (Wildman–Crippen MR) is 62.2 cm³/mol. The second kappa shape index (κ2) is 5.21. The Kier molecular flexibility index (Phi) is 4.21. The van der Waals surface area contributed by atoms with Gasteiger partial charge in [0, 0.05) is 9.99 Å². The van der Waals surface area contributed by atoms with Gasteiger partial charge >= 0.3 is 0 Å². The van der Waals surface area contributed by atoms with Gasteiger partial charge in [-0.05, 0) is 47.2 Å². The lowest BCUT2D eigenvalue weighted by Gasteiger charge is -2.04. The molecule has 2 nitrogen and oxygen atoms in total. The molecule has 1 aromatic carbocycles. The van der Waals surface area contributed by atoms with Crippen molar-refractivity contribution in [3.63, 3.8) is 0 Å². The molecule has 1 rings (SSSR count). The third kappa shape index (κ3) is 3.76. The summed E-state index contributed by atoms with van der Waals surface area (Å²) in [5.41, 5.74) is 1.12. The Labute approximate surface area is 92.0 Å². The first-order valence-corrected chi connectivity index (χ1v) is 5.25. The normalized spacial score (nSPS) is 9.69. The quantitative estimate of drug-likeness (QED) is 0.518. The van der Waals surface area contributed by atoms with E-state index in [-0.39, 0.29) is 0 Å². The van der Waals surface area contributed by atoms with Gasteiger partial charge in [0.15, 0.2) is 5.90 Å². The van der Waals surface area contributed by atoms with Crippen LogP contribution >= 0.6 is 22.6 Å². The van der Waals surface area contributed by atoms with Crippen molar-refractivity contribution >= 4 is 28.5 Å². The van der Waals surface area contributed by atoms with Crippen molar-refractivity contribution < 1.29 is 4.74 Å². The molecule has 0 aliphatic carbocycles. The van der Waals surface area contributed by atoms with Crippen LogP contribution in [0.25, 0.3) is 0 Å². The van der Waals surface area contributed by atoms with Crippen LogP contribution in [0, 0.1) is 8.98 Å². The molecule has 0 unspecified atom stereocenters. The molecule has 0 amide bonds. The number of rotatable bonds is 3. The van der Waals surface area contributed by atoms with Gasteiger partial charge in [-0.1, -0.05) is 12.1 Å². The Bertz CT molecular complexity index is 281. The van der Waals surface area contributed by atoms with E-state index in [1.807, 2.05) is 31.2 Å². The second-order valence-electron chi connectivity index (χ2n) is 2.66. The highest BCUT2D eigenvalue weighted by atomic mass is 127. The van der Waals surface area contributed by atoms with Crippen molar-refractivity contribution in [3.05, 3.63) is 33.4 Å². The minimum atomic E-state index is 0.337. The molecule has 3 heteroatoms. The van der Waals surface area contributed by atoms with Crippen LogP contribution in [-0.4, -0.2) is 12.5 Å². The summed E-state index contributed by atoms with van der Waals surface area (Å²) in [5.74, 6) is 0.337. The number of halogens is 1. The zero-order chi connectivity index (χ0) is 9.68. The first-order valence-electron chi connectivity index (χ1n) is 4.17. The lowest BCUT2D eigenvalue weighted by atomic mass is 10.1. The number of hydrogen-bond donors (Lipinski definition) is 1. The van der Waals surface area contributed by atoms with Crippen molar-refractivity contribution in [1.82, 2.24) is 0 Å². The smallest absolute Gasteiger partial charge is 0.184 e. The summed E-state index contributed by atoms with van der Waals surface area (Å²) in [6.45, 7) is 2.46. The molecule has 0 spiro atoms. The lowest BCUT2D eigenvalue weighted by Crippen LogP contribution is -2.06. The van der Waals surface area contributed by atoms with Gasteiger partial charge in [-0.25, -0.2) is 0 Å². The van der Waals surface area contributed by atoms with Gasteiger partial charge in [-0.2, -0.15) is 0 Å². The SMILES string of the molecule is CCOC(=N)Cc1ccc(I)cc1. The summed E-state index contributed by atoms with van der Waals surface area (Å²) < 4.78 is 6.27.